The summed E-state index contributed by atoms with van der Waals surface area (Å²) in [6, 6.07) is 7.60. The summed E-state index contributed by atoms with van der Waals surface area (Å²) < 4.78 is 10.9. The van der Waals surface area contributed by atoms with Gasteiger partial charge in [0.05, 0.1) is 11.8 Å². The summed E-state index contributed by atoms with van der Waals surface area (Å²) in [7, 11) is 1.67. The van der Waals surface area contributed by atoms with Crippen LogP contribution in [0.3, 0.4) is 0 Å². The van der Waals surface area contributed by atoms with Crippen LogP contribution >= 0.6 is 0 Å². The Morgan fingerprint density at radius 2 is 2.11 bits per heavy atom. The molecule has 4 heteroatoms. The molecule has 1 atom stereocenters. The second-order valence-corrected chi connectivity index (χ2v) is 4.11. The van der Waals surface area contributed by atoms with Crippen molar-refractivity contribution in [2.24, 2.45) is 5.16 Å². The molecule has 18 heavy (non-hydrogen) atoms. The van der Waals surface area contributed by atoms with Crippen molar-refractivity contribution in [2.75, 3.05) is 13.7 Å². The zero-order chi connectivity index (χ0) is 13.4. The maximum absolute atomic E-state index is 8.99. The molecule has 1 aromatic carbocycles. The molecule has 1 rings (SSSR count). The van der Waals surface area contributed by atoms with Gasteiger partial charge in [-0.05, 0) is 25.5 Å². The van der Waals surface area contributed by atoms with Gasteiger partial charge in [0.15, 0.2) is 0 Å². The van der Waals surface area contributed by atoms with E-state index in [-0.39, 0.29) is 6.10 Å². The third-order valence-electron chi connectivity index (χ3n) is 2.71. The minimum Gasteiger partial charge on any atom is -0.490 e. The predicted octanol–water partition coefficient (Wildman–Crippen LogP) is 3.08. The summed E-state index contributed by atoms with van der Waals surface area (Å²) >= 11 is 0. The van der Waals surface area contributed by atoms with Crippen molar-refractivity contribution in [3.05, 3.63) is 29.8 Å². The molecule has 0 saturated heterocycles. The molecule has 0 bridgehead atoms. The molecule has 0 aliphatic heterocycles. The van der Waals surface area contributed by atoms with Gasteiger partial charge in [-0.1, -0.05) is 24.2 Å². The number of methoxy groups -OCH3 is 1. The molecule has 1 aromatic rings. The zero-order valence-corrected chi connectivity index (χ0v) is 11.2. The Bertz CT molecular complexity index is 390. The summed E-state index contributed by atoms with van der Waals surface area (Å²) in [6.07, 6.45) is 1.54. The monoisotopic (exact) mass is 251 g/mol. The van der Waals surface area contributed by atoms with E-state index >= 15 is 0 Å². The second kappa shape index (κ2) is 7.71. The highest BCUT2D eigenvalue weighted by molar-refractivity contribution is 6.02. The van der Waals surface area contributed by atoms with Gasteiger partial charge in [-0.25, -0.2) is 0 Å². The first-order chi connectivity index (χ1) is 8.72. The van der Waals surface area contributed by atoms with Gasteiger partial charge < -0.3 is 14.7 Å². The van der Waals surface area contributed by atoms with E-state index in [4.69, 9.17) is 14.7 Å². The number of hydrogen-bond acceptors (Lipinski definition) is 4. The lowest BCUT2D eigenvalue weighted by molar-refractivity contribution is 0.135. The van der Waals surface area contributed by atoms with Gasteiger partial charge in [0.2, 0.25) is 0 Å². The molecular weight excluding hydrogens is 230 g/mol. The van der Waals surface area contributed by atoms with Crippen molar-refractivity contribution >= 4 is 5.71 Å². The summed E-state index contributed by atoms with van der Waals surface area (Å²) in [6.45, 7) is 4.61. The molecule has 100 valence electrons. The van der Waals surface area contributed by atoms with E-state index in [1.165, 1.54) is 0 Å². The topological polar surface area (TPSA) is 51.1 Å². The SMILES string of the molecule is CC/C(=N/O)c1ccccc1OC(C)CCOC. The highest BCUT2D eigenvalue weighted by atomic mass is 16.5. The van der Waals surface area contributed by atoms with E-state index in [0.29, 0.717) is 18.7 Å². The van der Waals surface area contributed by atoms with Crippen molar-refractivity contribution < 1.29 is 14.7 Å². The number of nitrogens with zero attached hydrogens (tertiary/aromatic N) is 1. The van der Waals surface area contributed by atoms with Crippen LogP contribution in [0, 0.1) is 0 Å². The van der Waals surface area contributed by atoms with Crippen LogP contribution < -0.4 is 4.74 Å². The molecule has 0 aliphatic carbocycles. The predicted molar refractivity (Wildman–Crippen MR) is 71.6 cm³/mol. The van der Waals surface area contributed by atoms with Crippen LogP contribution in [0.25, 0.3) is 0 Å². The van der Waals surface area contributed by atoms with Crippen molar-refractivity contribution in [2.45, 2.75) is 32.8 Å². The first-order valence-electron chi connectivity index (χ1n) is 6.18. The average Bonchev–Trinajstić information content (AvgIpc) is 2.39. The second-order valence-electron chi connectivity index (χ2n) is 4.11. The number of para-hydroxylation sites is 1. The van der Waals surface area contributed by atoms with Gasteiger partial charge in [-0.3, -0.25) is 0 Å². The molecule has 1 unspecified atom stereocenters. The van der Waals surface area contributed by atoms with E-state index < -0.39 is 0 Å². The molecular formula is C14H21NO3. The highest BCUT2D eigenvalue weighted by Gasteiger charge is 2.11. The minimum absolute atomic E-state index is 0.0582. The molecule has 0 aliphatic rings. The fraction of sp³-hybridized carbons (Fsp3) is 0.500. The Kier molecular flexibility index (Phi) is 6.22. The van der Waals surface area contributed by atoms with Crippen LogP contribution in [0.1, 0.15) is 32.3 Å². The number of oxime groups is 1. The lowest BCUT2D eigenvalue weighted by Crippen LogP contribution is -2.16. The lowest BCUT2D eigenvalue weighted by Gasteiger charge is -2.17. The highest BCUT2D eigenvalue weighted by Crippen LogP contribution is 2.22. The molecule has 0 fully saturated rings. The Labute approximate surface area is 108 Å². The molecule has 0 aromatic heterocycles. The number of rotatable bonds is 7. The van der Waals surface area contributed by atoms with Crippen LogP contribution in [0.15, 0.2) is 29.4 Å². The van der Waals surface area contributed by atoms with E-state index in [1.54, 1.807) is 7.11 Å². The first-order valence-corrected chi connectivity index (χ1v) is 6.18. The smallest absolute Gasteiger partial charge is 0.128 e. The Morgan fingerprint density at radius 1 is 1.39 bits per heavy atom. The van der Waals surface area contributed by atoms with Gasteiger partial charge in [0, 0.05) is 25.7 Å². The van der Waals surface area contributed by atoms with Gasteiger partial charge in [-0.15, -0.1) is 0 Å². The summed E-state index contributed by atoms with van der Waals surface area (Å²) in [5.41, 5.74) is 1.47. The number of hydrogen-bond donors (Lipinski definition) is 1. The lowest BCUT2D eigenvalue weighted by atomic mass is 10.1. The molecule has 0 heterocycles. The van der Waals surface area contributed by atoms with Crippen molar-refractivity contribution in [1.29, 1.82) is 0 Å². The van der Waals surface area contributed by atoms with Crippen LogP contribution in [-0.4, -0.2) is 30.7 Å². The van der Waals surface area contributed by atoms with Crippen molar-refractivity contribution in [3.8, 4) is 5.75 Å². The number of ether oxygens (including phenoxy) is 2. The minimum atomic E-state index is 0.0582. The number of benzene rings is 1. The van der Waals surface area contributed by atoms with Crippen LogP contribution in [0.4, 0.5) is 0 Å². The van der Waals surface area contributed by atoms with Crippen molar-refractivity contribution in [3.63, 3.8) is 0 Å². The van der Waals surface area contributed by atoms with Gasteiger partial charge in [-0.2, -0.15) is 0 Å². The van der Waals surface area contributed by atoms with Gasteiger partial charge in [0.25, 0.3) is 0 Å². The fourth-order valence-electron chi connectivity index (χ4n) is 1.68. The first kappa shape index (κ1) is 14.5. The summed E-state index contributed by atoms with van der Waals surface area (Å²) in [5.74, 6) is 0.746. The molecule has 4 nitrogen and oxygen atoms in total. The third kappa shape index (κ3) is 4.04. The maximum atomic E-state index is 8.99. The Hall–Kier alpha value is -1.55. The van der Waals surface area contributed by atoms with E-state index in [1.807, 2.05) is 38.1 Å². The molecule has 1 N–H and O–H groups in total. The standard InChI is InChI=1S/C14H21NO3/c1-4-13(15-16)12-7-5-6-8-14(12)18-11(2)9-10-17-3/h5-8,11,16H,4,9-10H2,1-3H3/b15-13-. The van der Waals surface area contributed by atoms with E-state index in [9.17, 15) is 0 Å². The normalized spacial score (nSPS) is 13.4. The largest absolute Gasteiger partial charge is 0.490 e. The van der Waals surface area contributed by atoms with Crippen LogP contribution in [-0.2, 0) is 4.74 Å². The van der Waals surface area contributed by atoms with Crippen LogP contribution in [0.2, 0.25) is 0 Å². The third-order valence-corrected chi connectivity index (χ3v) is 2.71. The fourth-order valence-corrected chi connectivity index (χ4v) is 1.68. The van der Waals surface area contributed by atoms with Gasteiger partial charge >= 0.3 is 0 Å². The summed E-state index contributed by atoms with van der Waals surface area (Å²) in [4.78, 5) is 0. The quantitative estimate of drug-likeness (QED) is 0.460. The van der Waals surface area contributed by atoms with Gasteiger partial charge in [0.1, 0.15) is 5.75 Å². The molecule has 0 spiro atoms. The summed E-state index contributed by atoms with van der Waals surface area (Å²) in [5, 5.41) is 12.3. The van der Waals surface area contributed by atoms with E-state index in [2.05, 4.69) is 5.16 Å². The molecule has 0 amide bonds. The van der Waals surface area contributed by atoms with E-state index in [0.717, 1.165) is 17.7 Å². The Morgan fingerprint density at radius 3 is 2.72 bits per heavy atom. The maximum Gasteiger partial charge on any atom is 0.128 e. The Balaban J connectivity index is 2.82. The molecule has 0 radical (unpaired) electrons. The average molecular weight is 251 g/mol. The van der Waals surface area contributed by atoms with Crippen LogP contribution in [0.5, 0.6) is 5.75 Å². The van der Waals surface area contributed by atoms with Crippen molar-refractivity contribution in [1.82, 2.24) is 0 Å². The molecule has 0 saturated carbocycles. The zero-order valence-electron chi connectivity index (χ0n) is 11.2.